The van der Waals surface area contributed by atoms with Gasteiger partial charge in [-0.05, 0) is 31.2 Å². The number of nitrogens with one attached hydrogen (secondary N) is 1. The Kier molecular flexibility index (Phi) is 4.49. The second kappa shape index (κ2) is 6.11. The molecule has 1 N–H and O–H groups in total. The van der Waals surface area contributed by atoms with Gasteiger partial charge in [0.05, 0.1) is 17.9 Å². The van der Waals surface area contributed by atoms with Crippen LogP contribution in [0, 0.1) is 0 Å². The van der Waals surface area contributed by atoms with Crippen LogP contribution in [0.1, 0.15) is 30.6 Å². The third-order valence-electron chi connectivity index (χ3n) is 2.85. The van der Waals surface area contributed by atoms with E-state index in [4.69, 9.17) is 0 Å². The van der Waals surface area contributed by atoms with E-state index < -0.39 is 0 Å². The summed E-state index contributed by atoms with van der Waals surface area (Å²) in [5, 5.41) is 11.5. The summed E-state index contributed by atoms with van der Waals surface area (Å²) in [5.41, 5.74) is 2.30. The van der Waals surface area contributed by atoms with Crippen molar-refractivity contribution in [2.24, 2.45) is 0 Å². The number of aryl methyl sites for hydroxylation is 1. The third-order valence-corrected chi connectivity index (χ3v) is 3.34. The van der Waals surface area contributed by atoms with Gasteiger partial charge in [0.15, 0.2) is 0 Å². The van der Waals surface area contributed by atoms with E-state index in [1.165, 1.54) is 5.56 Å². The van der Waals surface area contributed by atoms with Gasteiger partial charge in [-0.2, -0.15) is 0 Å². The second-order valence-electron chi connectivity index (χ2n) is 4.16. The van der Waals surface area contributed by atoms with Gasteiger partial charge in [0.25, 0.3) is 0 Å². The molecule has 2 aromatic rings. The Morgan fingerprint density at radius 3 is 2.94 bits per heavy atom. The molecule has 0 spiro atoms. The number of aromatic nitrogens is 3. The smallest absolute Gasteiger partial charge is 0.0801 e. The van der Waals surface area contributed by atoms with Crippen LogP contribution >= 0.6 is 15.9 Å². The highest BCUT2D eigenvalue weighted by molar-refractivity contribution is 9.10. The van der Waals surface area contributed by atoms with Gasteiger partial charge in [-0.1, -0.05) is 40.2 Å². The number of rotatable bonds is 5. The summed E-state index contributed by atoms with van der Waals surface area (Å²) >= 11 is 3.51. The minimum absolute atomic E-state index is 0.115. The summed E-state index contributed by atoms with van der Waals surface area (Å²) in [5.74, 6) is 0. The van der Waals surface area contributed by atoms with E-state index in [1.807, 2.05) is 30.1 Å². The van der Waals surface area contributed by atoms with Crippen molar-refractivity contribution >= 4 is 15.9 Å². The molecule has 1 atom stereocenters. The normalized spacial score (nSPS) is 12.6. The first kappa shape index (κ1) is 13.2. The van der Waals surface area contributed by atoms with Crippen molar-refractivity contribution in [2.75, 3.05) is 7.05 Å². The predicted molar refractivity (Wildman–Crippen MR) is 75.4 cm³/mol. The zero-order valence-corrected chi connectivity index (χ0v) is 12.2. The van der Waals surface area contributed by atoms with Gasteiger partial charge in [0.1, 0.15) is 0 Å². The molecule has 18 heavy (non-hydrogen) atoms. The maximum Gasteiger partial charge on any atom is 0.0801 e. The van der Waals surface area contributed by atoms with Crippen LogP contribution in [0.5, 0.6) is 0 Å². The summed E-state index contributed by atoms with van der Waals surface area (Å²) in [6, 6.07) is 8.40. The molecule has 2 rings (SSSR count). The van der Waals surface area contributed by atoms with E-state index in [0.717, 1.165) is 23.1 Å². The van der Waals surface area contributed by atoms with Gasteiger partial charge in [0.2, 0.25) is 0 Å². The Morgan fingerprint density at radius 2 is 2.28 bits per heavy atom. The highest BCUT2D eigenvalue weighted by Gasteiger charge is 2.17. The van der Waals surface area contributed by atoms with Crippen LogP contribution in [0.25, 0.3) is 0 Å². The number of benzene rings is 1. The highest BCUT2D eigenvalue weighted by atomic mass is 79.9. The van der Waals surface area contributed by atoms with E-state index in [-0.39, 0.29) is 6.04 Å². The minimum atomic E-state index is 0.115. The van der Waals surface area contributed by atoms with E-state index in [9.17, 15) is 0 Å². The summed E-state index contributed by atoms with van der Waals surface area (Å²) in [7, 11) is 1.95. The van der Waals surface area contributed by atoms with Crippen LogP contribution in [-0.2, 0) is 6.54 Å². The second-order valence-corrected chi connectivity index (χ2v) is 5.07. The monoisotopic (exact) mass is 308 g/mol. The van der Waals surface area contributed by atoms with Crippen LogP contribution < -0.4 is 5.32 Å². The molecule has 0 saturated heterocycles. The molecule has 4 nitrogen and oxygen atoms in total. The quantitative estimate of drug-likeness (QED) is 0.923. The standard InChI is InChI=1S/C13H17BrN4/c1-3-7-18-12(9-16-17-18)13(15-2)10-5-4-6-11(14)8-10/h4-6,8-9,13,15H,3,7H2,1-2H3. The molecule has 0 amide bonds. The summed E-state index contributed by atoms with van der Waals surface area (Å²) in [6.07, 6.45) is 2.88. The van der Waals surface area contributed by atoms with Gasteiger partial charge in [0, 0.05) is 11.0 Å². The van der Waals surface area contributed by atoms with Gasteiger partial charge in [-0.3, -0.25) is 0 Å². The van der Waals surface area contributed by atoms with Crippen molar-refractivity contribution in [3.63, 3.8) is 0 Å². The molecule has 5 heteroatoms. The molecular formula is C13H17BrN4. The molecule has 1 aromatic heterocycles. The molecule has 0 aliphatic carbocycles. The maximum atomic E-state index is 4.14. The topological polar surface area (TPSA) is 42.7 Å². The predicted octanol–water partition coefficient (Wildman–Crippen LogP) is 2.76. The molecule has 1 aromatic carbocycles. The molecule has 0 fully saturated rings. The zero-order valence-electron chi connectivity index (χ0n) is 10.6. The molecule has 0 aliphatic rings. The van der Waals surface area contributed by atoms with Crippen molar-refractivity contribution in [2.45, 2.75) is 25.9 Å². The van der Waals surface area contributed by atoms with Crippen LogP contribution in [0.2, 0.25) is 0 Å². The Labute approximate surface area is 116 Å². The van der Waals surface area contributed by atoms with E-state index in [2.05, 4.69) is 50.6 Å². The molecular weight excluding hydrogens is 292 g/mol. The van der Waals surface area contributed by atoms with E-state index >= 15 is 0 Å². The van der Waals surface area contributed by atoms with Crippen LogP contribution in [0.4, 0.5) is 0 Å². The van der Waals surface area contributed by atoms with Gasteiger partial charge in [-0.15, -0.1) is 5.10 Å². The Hall–Kier alpha value is -1.20. The van der Waals surface area contributed by atoms with Crippen molar-refractivity contribution < 1.29 is 0 Å². The molecule has 1 heterocycles. The van der Waals surface area contributed by atoms with Crippen LogP contribution in [0.15, 0.2) is 34.9 Å². The van der Waals surface area contributed by atoms with Gasteiger partial charge >= 0.3 is 0 Å². The summed E-state index contributed by atoms with van der Waals surface area (Å²) in [6.45, 7) is 3.03. The average molecular weight is 309 g/mol. The zero-order chi connectivity index (χ0) is 13.0. The first-order valence-corrected chi connectivity index (χ1v) is 6.86. The van der Waals surface area contributed by atoms with Crippen molar-refractivity contribution in [1.82, 2.24) is 20.3 Å². The third kappa shape index (κ3) is 2.79. The largest absolute Gasteiger partial charge is 0.308 e. The first-order chi connectivity index (χ1) is 8.76. The molecule has 0 saturated carbocycles. The lowest BCUT2D eigenvalue weighted by molar-refractivity contribution is 0.523. The molecule has 0 radical (unpaired) electrons. The lowest BCUT2D eigenvalue weighted by atomic mass is 10.0. The van der Waals surface area contributed by atoms with Crippen molar-refractivity contribution in [1.29, 1.82) is 0 Å². The lowest BCUT2D eigenvalue weighted by Crippen LogP contribution is -2.21. The number of hydrogen-bond acceptors (Lipinski definition) is 3. The number of hydrogen-bond donors (Lipinski definition) is 1. The fourth-order valence-corrected chi connectivity index (χ4v) is 2.46. The summed E-state index contributed by atoms with van der Waals surface area (Å²) < 4.78 is 3.04. The van der Waals surface area contributed by atoms with Crippen LogP contribution in [0.3, 0.4) is 0 Å². The Balaban J connectivity index is 2.36. The van der Waals surface area contributed by atoms with Gasteiger partial charge < -0.3 is 5.32 Å². The minimum Gasteiger partial charge on any atom is -0.308 e. The first-order valence-electron chi connectivity index (χ1n) is 6.07. The van der Waals surface area contributed by atoms with Crippen molar-refractivity contribution in [3.05, 3.63) is 46.2 Å². The molecule has 0 aliphatic heterocycles. The van der Waals surface area contributed by atoms with Crippen molar-refractivity contribution in [3.8, 4) is 0 Å². The van der Waals surface area contributed by atoms with Gasteiger partial charge in [-0.25, -0.2) is 4.68 Å². The Morgan fingerprint density at radius 1 is 1.44 bits per heavy atom. The molecule has 96 valence electrons. The highest BCUT2D eigenvalue weighted by Crippen LogP contribution is 2.23. The van der Waals surface area contributed by atoms with E-state index in [1.54, 1.807) is 0 Å². The Bertz CT molecular complexity index is 509. The van der Waals surface area contributed by atoms with Crippen LogP contribution in [-0.4, -0.2) is 22.0 Å². The number of nitrogens with zero attached hydrogens (tertiary/aromatic N) is 3. The maximum absolute atomic E-state index is 4.14. The fourth-order valence-electron chi connectivity index (χ4n) is 2.05. The van der Waals surface area contributed by atoms with E-state index in [0.29, 0.717) is 0 Å². The average Bonchev–Trinajstić information content (AvgIpc) is 2.79. The SMILES string of the molecule is CCCn1nncc1C(NC)c1cccc(Br)c1. The fraction of sp³-hybridized carbons (Fsp3) is 0.385. The lowest BCUT2D eigenvalue weighted by Gasteiger charge is -2.17. The molecule has 0 bridgehead atoms. The summed E-state index contributed by atoms with van der Waals surface area (Å²) in [4.78, 5) is 0. The molecule has 1 unspecified atom stereocenters. The number of halogens is 1.